The van der Waals surface area contributed by atoms with Crippen LogP contribution in [0, 0.1) is 5.82 Å². The van der Waals surface area contributed by atoms with Crippen LogP contribution in [0.1, 0.15) is 29.9 Å². The fourth-order valence-corrected chi connectivity index (χ4v) is 5.49. The second-order valence-electron chi connectivity index (χ2n) is 8.99. The Morgan fingerprint density at radius 2 is 1.78 bits per heavy atom. The molecular weight excluding hydrogens is 401 g/mol. The van der Waals surface area contributed by atoms with Crippen LogP contribution in [0.2, 0.25) is 0 Å². The van der Waals surface area contributed by atoms with Crippen molar-refractivity contribution in [2.24, 2.45) is 0 Å². The van der Waals surface area contributed by atoms with Crippen LogP contribution in [-0.2, 0) is 6.54 Å². The van der Waals surface area contributed by atoms with E-state index in [9.17, 15) is 9.50 Å². The van der Waals surface area contributed by atoms with Crippen LogP contribution in [0.3, 0.4) is 0 Å². The lowest BCUT2D eigenvalue weighted by Crippen LogP contribution is -2.67. The van der Waals surface area contributed by atoms with Gasteiger partial charge in [-0.05, 0) is 54.8 Å². The highest BCUT2D eigenvalue weighted by atomic mass is 19.1. The highest BCUT2D eigenvalue weighted by Gasteiger charge is 2.49. The third-order valence-corrected chi connectivity index (χ3v) is 7.06. The van der Waals surface area contributed by atoms with Gasteiger partial charge in [0.25, 0.3) is 0 Å². The van der Waals surface area contributed by atoms with Crippen molar-refractivity contribution >= 4 is 0 Å². The summed E-state index contributed by atoms with van der Waals surface area (Å²) in [5, 5.41) is 10.2. The van der Waals surface area contributed by atoms with Gasteiger partial charge in [-0.1, -0.05) is 48.5 Å². The summed E-state index contributed by atoms with van der Waals surface area (Å²) in [4.78, 5) is 9.29. The molecule has 2 aliphatic rings. The summed E-state index contributed by atoms with van der Waals surface area (Å²) >= 11 is 0. The molecular formula is C27H30FN3O. The van der Waals surface area contributed by atoms with Gasteiger partial charge in [-0.2, -0.15) is 0 Å². The van der Waals surface area contributed by atoms with E-state index in [4.69, 9.17) is 0 Å². The number of aromatic nitrogens is 1. The first-order valence-electron chi connectivity index (χ1n) is 11.6. The fraction of sp³-hybridized carbons (Fsp3) is 0.370. The standard InChI is InChI=1S/C27H30FN3O/c28-24-8-2-1-7-23(24)21-9-11-22(12-10-21)27-25-18-30(17-20-6-5-13-29-16-20)14-3-4-15-31(25)26(27)19-32/h1-2,5-13,16,25-27,32H,3-4,14-15,17-19H2/t25-,26+,27+/m1/s1. The topological polar surface area (TPSA) is 39.6 Å². The van der Waals surface area contributed by atoms with E-state index in [2.05, 4.69) is 33.0 Å². The number of hydrogen-bond acceptors (Lipinski definition) is 4. The molecule has 0 radical (unpaired) electrons. The summed E-state index contributed by atoms with van der Waals surface area (Å²) in [5.74, 6) is 0.0820. The Bertz CT molecular complexity index is 1030. The number of aliphatic hydroxyl groups excluding tert-OH is 1. The van der Waals surface area contributed by atoms with Gasteiger partial charge in [-0.25, -0.2) is 4.39 Å². The molecule has 0 saturated carbocycles. The second-order valence-corrected chi connectivity index (χ2v) is 8.99. The molecule has 166 valence electrons. The number of nitrogens with zero attached hydrogens (tertiary/aromatic N) is 3. The van der Waals surface area contributed by atoms with Gasteiger partial charge in [-0.3, -0.25) is 14.8 Å². The smallest absolute Gasteiger partial charge is 0.131 e. The van der Waals surface area contributed by atoms with E-state index in [1.165, 1.54) is 23.6 Å². The van der Waals surface area contributed by atoms with E-state index in [1.54, 1.807) is 6.07 Å². The number of halogens is 1. The first-order valence-corrected chi connectivity index (χ1v) is 11.6. The first-order chi connectivity index (χ1) is 15.7. The Labute approximate surface area is 189 Å². The number of pyridine rings is 1. The van der Waals surface area contributed by atoms with Gasteiger partial charge in [0, 0.05) is 49.0 Å². The molecule has 1 aromatic heterocycles. The molecule has 2 saturated heterocycles. The molecule has 32 heavy (non-hydrogen) atoms. The number of hydrogen-bond donors (Lipinski definition) is 1. The van der Waals surface area contributed by atoms with Crippen molar-refractivity contribution < 1.29 is 9.50 Å². The molecule has 3 heterocycles. The molecule has 0 bridgehead atoms. The van der Waals surface area contributed by atoms with Crippen molar-refractivity contribution in [2.75, 3.05) is 26.2 Å². The van der Waals surface area contributed by atoms with Crippen LogP contribution in [0.15, 0.2) is 73.1 Å². The maximum Gasteiger partial charge on any atom is 0.131 e. The lowest BCUT2D eigenvalue weighted by molar-refractivity contribution is -0.0655. The quantitative estimate of drug-likeness (QED) is 0.653. The zero-order chi connectivity index (χ0) is 21.9. The molecule has 2 aromatic carbocycles. The van der Waals surface area contributed by atoms with Gasteiger partial charge in [-0.15, -0.1) is 0 Å². The molecule has 3 aromatic rings. The summed E-state index contributed by atoms with van der Waals surface area (Å²) < 4.78 is 14.2. The van der Waals surface area contributed by atoms with Gasteiger partial charge in [0.15, 0.2) is 0 Å². The molecule has 3 atom stereocenters. The third kappa shape index (κ3) is 4.20. The summed E-state index contributed by atoms with van der Waals surface area (Å²) in [6.45, 7) is 4.17. The summed E-state index contributed by atoms with van der Waals surface area (Å²) in [6.07, 6.45) is 6.09. The zero-order valence-corrected chi connectivity index (χ0v) is 18.3. The highest BCUT2D eigenvalue weighted by molar-refractivity contribution is 5.64. The molecule has 5 heteroatoms. The van der Waals surface area contributed by atoms with Gasteiger partial charge < -0.3 is 5.11 Å². The van der Waals surface area contributed by atoms with E-state index in [0.29, 0.717) is 11.6 Å². The van der Waals surface area contributed by atoms with Crippen molar-refractivity contribution in [2.45, 2.75) is 37.4 Å². The van der Waals surface area contributed by atoms with Crippen LogP contribution < -0.4 is 0 Å². The maximum absolute atomic E-state index is 14.2. The number of aliphatic hydroxyl groups is 1. The summed E-state index contributed by atoms with van der Waals surface area (Å²) in [5.41, 5.74) is 3.98. The van der Waals surface area contributed by atoms with Crippen LogP contribution in [0.5, 0.6) is 0 Å². The predicted octanol–water partition coefficient (Wildman–Crippen LogP) is 4.31. The normalized spacial score (nSPS) is 24.2. The Morgan fingerprint density at radius 1 is 0.969 bits per heavy atom. The number of benzene rings is 2. The van der Waals surface area contributed by atoms with Crippen molar-refractivity contribution in [1.29, 1.82) is 0 Å². The van der Waals surface area contributed by atoms with Gasteiger partial charge in [0.05, 0.1) is 6.61 Å². The SMILES string of the molecule is OC[C@H]1[C@@H](c2ccc(-c3ccccc3F)cc2)[C@H]2CN(Cc3cccnc3)CCCCN21. The van der Waals surface area contributed by atoms with Crippen LogP contribution in [0.4, 0.5) is 4.39 Å². The summed E-state index contributed by atoms with van der Waals surface area (Å²) in [6, 6.07) is 19.8. The monoisotopic (exact) mass is 431 g/mol. The Balaban J connectivity index is 1.37. The minimum absolute atomic E-state index is 0.151. The molecule has 0 spiro atoms. The van der Waals surface area contributed by atoms with Crippen LogP contribution in [0.25, 0.3) is 11.1 Å². The molecule has 2 aliphatic heterocycles. The van der Waals surface area contributed by atoms with Gasteiger partial charge >= 0.3 is 0 Å². The predicted molar refractivity (Wildman–Crippen MR) is 125 cm³/mol. The minimum Gasteiger partial charge on any atom is -0.395 e. The first kappa shape index (κ1) is 21.3. The highest BCUT2D eigenvalue weighted by Crippen LogP contribution is 2.42. The average Bonchev–Trinajstić information content (AvgIpc) is 2.81. The molecule has 4 nitrogen and oxygen atoms in total. The lowest BCUT2D eigenvalue weighted by Gasteiger charge is -2.57. The Hall–Kier alpha value is -2.60. The lowest BCUT2D eigenvalue weighted by atomic mass is 9.74. The number of fused-ring (bicyclic) bond motifs is 1. The molecule has 1 N–H and O–H groups in total. The van der Waals surface area contributed by atoms with Crippen LogP contribution in [-0.4, -0.2) is 58.2 Å². The number of rotatable bonds is 5. The minimum atomic E-state index is -0.200. The second kappa shape index (κ2) is 9.49. The Kier molecular flexibility index (Phi) is 6.30. The van der Waals surface area contributed by atoms with Crippen molar-refractivity contribution in [3.05, 3.63) is 90.0 Å². The molecule has 5 rings (SSSR count). The van der Waals surface area contributed by atoms with E-state index < -0.39 is 0 Å². The largest absolute Gasteiger partial charge is 0.395 e. The zero-order valence-electron chi connectivity index (χ0n) is 18.3. The molecule has 0 unspecified atom stereocenters. The van der Waals surface area contributed by atoms with E-state index >= 15 is 0 Å². The van der Waals surface area contributed by atoms with Crippen LogP contribution >= 0.6 is 0 Å². The van der Waals surface area contributed by atoms with Crippen molar-refractivity contribution in [3.8, 4) is 11.1 Å². The van der Waals surface area contributed by atoms with Gasteiger partial charge in [0.2, 0.25) is 0 Å². The van der Waals surface area contributed by atoms with E-state index in [-0.39, 0.29) is 24.4 Å². The average molecular weight is 432 g/mol. The van der Waals surface area contributed by atoms with Gasteiger partial charge in [0.1, 0.15) is 5.82 Å². The summed E-state index contributed by atoms with van der Waals surface area (Å²) in [7, 11) is 0. The molecule has 0 amide bonds. The van der Waals surface area contributed by atoms with E-state index in [1.807, 2.05) is 42.7 Å². The van der Waals surface area contributed by atoms with Crippen molar-refractivity contribution in [3.63, 3.8) is 0 Å². The fourth-order valence-electron chi connectivity index (χ4n) is 5.49. The Morgan fingerprint density at radius 3 is 2.53 bits per heavy atom. The maximum atomic E-state index is 14.2. The third-order valence-electron chi connectivity index (χ3n) is 7.06. The molecule has 2 fully saturated rings. The van der Waals surface area contributed by atoms with Crippen molar-refractivity contribution in [1.82, 2.24) is 14.8 Å². The molecule has 0 aliphatic carbocycles. The van der Waals surface area contributed by atoms with E-state index in [0.717, 1.165) is 38.2 Å².